The smallest absolute Gasteiger partial charge is 0.244 e. The Morgan fingerprint density at radius 2 is 1.89 bits per heavy atom. The predicted molar refractivity (Wildman–Crippen MR) is 117 cm³/mol. The van der Waals surface area contributed by atoms with Crippen LogP contribution in [0.4, 0.5) is 5.69 Å². The summed E-state index contributed by atoms with van der Waals surface area (Å²) in [5.41, 5.74) is 6.69. The molecule has 0 spiro atoms. The number of rotatable bonds is 4. The third-order valence-corrected chi connectivity index (χ3v) is 4.92. The number of benzene rings is 1. The summed E-state index contributed by atoms with van der Waals surface area (Å²) in [6.45, 7) is 1.33. The van der Waals surface area contributed by atoms with Gasteiger partial charge in [-0.1, -0.05) is 19.3 Å². The average Bonchev–Trinajstić information content (AvgIpc) is 2.91. The molecule has 1 aliphatic heterocycles. The predicted octanol–water partition coefficient (Wildman–Crippen LogP) is 2.98. The molecule has 8 heteroatoms. The summed E-state index contributed by atoms with van der Waals surface area (Å²) in [5, 5.41) is 3.01. The van der Waals surface area contributed by atoms with E-state index in [9.17, 15) is 4.79 Å². The first-order valence-corrected chi connectivity index (χ1v) is 9.36. The first kappa shape index (κ1) is 21.6. The largest absolute Gasteiger partial charge is 0.490 e. The number of nitrogens with one attached hydrogen (secondary N) is 1. The van der Waals surface area contributed by atoms with Gasteiger partial charge < -0.3 is 25.4 Å². The topological polar surface area (TPSA) is 89.2 Å². The van der Waals surface area contributed by atoms with E-state index in [0.29, 0.717) is 25.0 Å². The van der Waals surface area contributed by atoms with E-state index in [2.05, 4.69) is 10.3 Å². The summed E-state index contributed by atoms with van der Waals surface area (Å²) >= 11 is 0. The summed E-state index contributed by atoms with van der Waals surface area (Å²) in [7, 11) is 1.86. The van der Waals surface area contributed by atoms with E-state index < -0.39 is 0 Å². The number of hydrogen-bond donors (Lipinski definition) is 2. The Morgan fingerprint density at radius 1 is 1.19 bits per heavy atom. The molecule has 1 amide bonds. The highest BCUT2D eigenvalue weighted by Gasteiger charge is 2.21. The first-order valence-electron chi connectivity index (χ1n) is 9.36. The molecule has 1 fully saturated rings. The lowest BCUT2D eigenvalue weighted by atomic mass is 9.94. The zero-order valence-electron chi connectivity index (χ0n) is 15.8. The highest BCUT2D eigenvalue weighted by atomic mass is 127. The molecule has 7 nitrogen and oxygen atoms in total. The summed E-state index contributed by atoms with van der Waals surface area (Å²) in [6.07, 6.45) is 6.67. The number of carbonyl (C=O) groups excluding carboxylic acids is 1. The van der Waals surface area contributed by atoms with Crippen LogP contribution < -0.4 is 20.5 Å². The van der Waals surface area contributed by atoms with Crippen molar-refractivity contribution in [2.75, 3.05) is 32.1 Å². The fourth-order valence-electron chi connectivity index (χ4n) is 3.36. The average molecular weight is 488 g/mol. The maximum atomic E-state index is 12.3. The number of nitrogens with two attached hydrogens (primary N) is 1. The third kappa shape index (κ3) is 6.15. The van der Waals surface area contributed by atoms with Crippen molar-refractivity contribution in [3.05, 3.63) is 18.2 Å². The summed E-state index contributed by atoms with van der Waals surface area (Å²) in [4.78, 5) is 18.3. The maximum absolute atomic E-state index is 12.3. The quantitative estimate of drug-likeness (QED) is 0.387. The number of aliphatic imine (C=N–C) groups is 1. The number of nitrogens with zero attached hydrogens (tertiary/aromatic N) is 2. The second kappa shape index (κ2) is 10.6. The minimum atomic E-state index is 0. The van der Waals surface area contributed by atoms with Crippen LogP contribution in [0.2, 0.25) is 0 Å². The van der Waals surface area contributed by atoms with Crippen LogP contribution in [0, 0.1) is 0 Å². The number of ether oxygens (including phenoxy) is 2. The van der Waals surface area contributed by atoms with Gasteiger partial charge in [0.05, 0.1) is 13.2 Å². The molecule has 1 aromatic rings. The van der Waals surface area contributed by atoms with Crippen LogP contribution in [-0.2, 0) is 4.79 Å². The molecular weight excluding hydrogens is 459 g/mol. The van der Waals surface area contributed by atoms with E-state index >= 15 is 0 Å². The van der Waals surface area contributed by atoms with Crippen LogP contribution in [-0.4, -0.2) is 49.6 Å². The van der Waals surface area contributed by atoms with Crippen molar-refractivity contribution in [2.24, 2.45) is 10.7 Å². The highest BCUT2D eigenvalue weighted by Crippen LogP contribution is 2.32. The van der Waals surface area contributed by atoms with E-state index in [0.717, 1.165) is 30.7 Å². The normalized spacial score (nSPS) is 17.4. The van der Waals surface area contributed by atoms with Crippen molar-refractivity contribution < 1.29 is 14.3 Å². The third-order valence-electron chi connectivity index (χ3n) is 4.92. The van der Waals surface area contributed by atoms with Gasteiger partial charge in [0.1, 0.15) is 6.54 Å². The molecule has 1 heterocycles. The Kier molecular flexibility index (Phi) is 8.46. The molecule has 2 aliphatic rings. The van der Waals surface area contributed by atoms with Crippen molar-refractivity contribution >= 4 is 41.5 Å². The Labute approximate surface area is 177 Å². The number of likely N-dealkylation sites (N-methyl/N-ethyl adjacent to an activating group) is 1. The molecule has 0 bridgehead atoms. The highest BCUT2D eigenvalue weighted by molar-refractivity contribution is 14.0. The first-order chi connectivity index (χ1) is 12.6. The lowest BCUT2D eigenvalue weighted by molar-refractivity contribution is -0.130. The molecule has 1 aromatic carbocycles. The van der Waals surface area contributed by atoms with E-state index in [4.69, 9.17) is 15.2 Å². The second-order valence-corrected chi connectivity index (χ2v) is 6.83. The number of guanidine groups is 1. The van der Waals surface area contributed by atoms with Gasteiger partial charge in [0.25, 0.3) is 0 Å². The van der Waals surface area contributed by atoms with Crippen molar-refractivity contribution in [2.45, 2.75) is 44.6 Å². The minimum Gasteiger partial charge on any atom is -0.490 e. The number of carbonyl (C=O) groups is 1. The molecule has 3 N–H and O–H groups in total. The Bertz CT molecular complexity index is 662. The van der Waals surface area contributed by atoms with E-state index in [1.165, 1.54) is 19.3 Å². The Morgan fingerprint density at radius 3 is 2.63 bits per heavy atom. The van der Waals surface area contributed by atoms with Gasteiger partial charge in [-0.3, -0.25) is 4.79 Å². The van der Waals surface area contributed by atoms with Gasteiger partial charge in [-0.25, -0.2) is 4.99 Å². The van der Waals surface area contributed by atoms with Crippen LogP contribution >= 0.6 is 24.0 Å². The molecule has 0 atom stereocenters. The number of fused-ring (bicyclic) bond motifs is 1. The van der Waals surface area contributed by atoms with Gasteiger partial charge in [0.15, 0.2) is 17.5 Å². The SMILES string of the molecule is CN(C(=O)CN=C(N)Nc1ccc2c(c1)OCCCO2)C1CCCCC1.I. The van der Waals surface area contributed by atoms with Gasteiger partial charge >= 0.3 is 0 Å². The molecule has 0 aromatic heterocycles. The van der Waals surface area contributed by atoms with Gasteiger partial charge in [0.2, 0.25) is 5.91 Å². The fourth-order valence-corrected chi connectivity index (χ4v) is 3.36. The summed E-state index contributed by atoms with van der Waals surface area (Å²) < 4.78 is 11.3. The van der Waals surface area contributed by atoms with Crippen LogP contribution in [0.25, 0.3) is 0 Å². The molecule has 0 unspecified atom stereocenters. The lowest BCUT2D eigenvalue weighted by Gasteiger charge is -2.30. The van der Waals surface area contributed by atoms with Crippen molar-refractivity contribution in [1.29, 1.82) is 0 Å². The molecule has 3 rings (SSSR count). The second-order valence-electron chi connectivity index (χ2n) is 6.83. The summed E-state index contributed by atoms with van der Waals surface area (Å²) in [5.74, 6) is 1.63. The van der Waals surface area contributed by atoms with Crippen LogP contribution in [0.1, 0.15) is 38.5 Å². The zero-order valence-corrected chi connectivity index (χ0v) is 18.1. The van der Waals surface area contributed by atoms with E-state index in [1.807, 2.05) is 30.1 Å². The molecule has 0 saturated heterocycles. The number of anilines is 1. The lowest BCUT2D eigenvalue weighted by Crippen LogP contribution is -2.40. The van der Waals surface area contributed by atoms with Gasteiger partial charge in [-0.05, 0) is 25.0 Å². The zero-order chi connectivity index (χ0) is 18.4. The minimum absolute atomic E-state index is 0. The maximum Gasteiger partial charge on any atom is 0.244 e. The van der Waals surface area contributed by atoms with Gasteiger partial charge in [-0.2, -0.15) is 0 Å². The van der Waals surface area contributed by atoms with E-state index in [-0.39, 0.29) is 42.4 Å². The van der Waals surface area contributed by atoms with Crippen molar-refractivity contribution in [3.63, 3.8) is 0 Å². The molecule has 1 saturated carbocycles. The molecule has 1 aliphatic carbocycles. The standard InChI is InChI=1S/C19H28N4O3.HI/c1-23(15-6-3-2-4-7-15)18(24)13-21-19(20)22-14-8-9-16-17(12-14)26-11-5-10-25-16;/h8-9,12,15H,2-7,10-11,13H2,1H3,(H3,20,21,22);1H. The number of hydrogen-bond acceptors (Lipinski definition) is 4. The number of amides is 1. The monoisotopic (exact) mass is 488 g/mol. The number of halogens is 1. The van der Waals surface area contributed by atoms with Gasteiger partial charge in [0, 0.05) is 31.3 Å². The molecular formula is C19H29IN4O3. The van der Waals surface area contributed by atoms with Crippen LogP contribution in [0.3, 0.4) is 0 Å². The summed E-state index contributed by atoms with van der Waals surface area (Å²) in [6, 6.07) is 5.87. The Balaban J connectivity index is 0.00000261. The molecule has 150 valence electrons. The molecule has 0 radical (unpaired) electrons. The Hall–Kier alpha value is -1.71. The van der Waals surface area contributed by atoms with Crippen molar-refractivity contribution in [3.8, 4) is 11.5 Å². The van der Waals surface area contributed by atoms with E-state index in [1.54, 1.807) is 0 Å². The molecule has 27 heavy (non-hydrogen) atoms. The van der Waals surface area contributed by atoms with Crippen LogP contribution in [0.15, 0.2) is 23.2 Å². The fraction of sp³-hybridized carbons (Fsp3) is 0.579. The van der Waals surface area contributed by atoms with Crippen molar-refractivity contribution in [1.82, 2.24) is 4.90 Å². The van der Waals surface area contributed by atoms with Gasteiger partial charge in [-0.15, -0.1) is 24.0 Å². The van der Waals surface area contributed by atoms with Crippen LogP contribution in [0.5, 0.6) is 11.5 Å².